The van der Waals surface area contributed by atoms with E-state index >= 15 is 4.39 Å². The van der Waals surface area contributed by atoms with E-state index in [1.54, 1.807) is 0 Å². The third-order valence-corrected chi connectivity index (χ3v) is 4.57. The number of nitrogens with one attached hydrogen (secondary N) is 1. The Bertz CT molecular complexity index is 1180. The highest BCUT2D eigenvalue weighted by Gasteiger charge is 2.21. The highest BCUT2D eigenvalue weighted by Crippen LogP contribution is 2.43. The van der Waals surface area contributed by atoms with Crippen LogP contribution in [0.3, 0.4) is 0 Å². The topological polar surface area (TPSA) is 76.5 Å². The summed E-state index contributed by atoms with van der Waals surface area (Å²) in [6.45, 7) is 2.14. The molecule has 1 aromatic heterocycles. The molecule has 0 amide bonds. The number of rotatable bonds is 6. The van der Waals surface area contributed by atoms with Gasteiger partial charge in [0, 0.05) is 11.8 Å². The normalized spacial score (nSPS) is 10.8. The van der Waals surface area contributed by atoms with Gasteiger partial charge in [0.05, 0.1) is 12.6 Å². The molecule has 0 saturated heterocycles. The Morgan fingerprint density at radius 1 is 1.00 bits per heavy atom. The fourth-order valence-corrected chi connectivity index (χ4v) is 3.08. The number of benzene rings is 3. The van der Waals surface area contributed by atoms with Gasteiger partial charge in [-0.1, -0.05) is 48.0 Å². The van der Waals surface area contributed by atoms with Gasteiger partial charge in [0.2, 0.25) is 17.6 Å². The smallest absolute Gasteiger partial charge is 0.230 e. The van der Waals surface area contributed by atoms with Crippen molar-refractivity contribution >= 4 is 22.5 Å². The molecule has 7 heteroatoms. The molecule has 6 nitrogen and oxygen atoms in total. The van der Waals surface area contributed by atoms with Gasteiger partial charge in [0.1, 0.15) is 12.0 Å². The van der Waals surface area contributed by atoms with E-state index in [9.17, 15) is 5.11 Å². The fraction of sp³-hybridized carbons (Fsp3) is 0.130. The van der Waals surface area contributed by atoms with E-state index in [4.69, 9.17) is 9.47 Å². The van der Waals surface area contributed by atoms with Crippen LogP contribution in [-0.4, -0.2) is 22.2 Å². The number of phenols is 1. The number of hydrogen-bond acceptors (Lipinski definition) is 6. The van der Waals surface area contributed by atoms with Gasteiger partial charge in [-0.25, -0.2) is 4.98 Å². The number of phenolic OH excluding ortho intramolecular Hbond substituents is 1. The van der Waals surface area contributed by atoms with Crippen molar-refractivity contribution in [1.82, 2.24) is 9.97 Å². The van der Waals surface area contributed by atoms with Crippen molar-refractivity contribution in [3.8, 4) is 17.2 Å². The molecule has 0 aliphatic rings. The Hall–Kier alpha value is -3.87. The van der Waals surface area contributed by atoms with Crippen LogP contribution in [0, 0.1) is 12.9 Å². The first kappa shape index (κ1) is 19.4. The largest absolute Gasteiger partial charge is 0.504 e. The minimum atomic E-state index is -0.782. The van der Waals surface area contributed by atoms with Gasteiger partial charge in [-0.3, -0.25) is 0 Å². The number of fused-ring (bicyclic) bond motifs is 1. The molecule has 0 spiro atoms. The molecular formula is C23H20FN3O3. The summed E-state index contributed by atoms with van der Waals surface area (Å²) in [5.74, 6) is -0.832. The lowest BCUT2D eigenvalue weighted by Crippen LogP contribution is -2.04. The SMILES string of the molecule is COc1c(O)cc2nc(Nc3ccc(C)cc3)nc(F)c2c1OCc1ccccc1. The number of ether oxygens (including phenoxy) is 2. The standard InChI is InChI=1S/C23H20FN3O3/c1-14-8-10-16(11-9-14)25-23-26-17-12-18(28)20(29-2)21(19(17)22(24)27-23)30-13-15-6-4-3-5-7-15/h3-12,28H,13H2,1-2H3,(H,25,26,27). The highest BCUT2D eigenvalue weighted by atomic mass is 19.1. The number of aromatic hydroxyl groups is 1. The van der Waals surface area contributed by atoms with Gasteiger partial charge in [0.25, 0.3) is 0 Å². The van der Waals surface area contributed by atoms with Crippen molar-refractivity contribution < 1.29 is 19.0 Å². The van der Waals surface area contributed by atoms with Crippen LogP contribution < -0.4 is 14.8 Å². The number of halogens is 1. The van der Waals surface area contributed by atoms with Crippen LogP contribution in [0.15, 0.2) is 60.7 Å². The Kier molecular flexibility index (Phi) is 5.34. The summed E-state index contributed by atoms with van der Waals surface area (Å²) in [5.41, 5.74) is 2.90. The van der Waals surface area contributed by atoms with Crippen LogP contribution in [0.5, 0.6) is 17.2 Å². The predicted octanol–water partition coefficient (Wildman–Crippen LogP) is 5.11. The average molecular weight is 405 g/mol. The van der Waals surface area contributed by atoms with E-state index in [2.05, 4.69) is 15.3 Å². The summed E-state index contributed by atoms with van der Waals surface area (Å²) in [4.78, 5) is 8.28. The molecule has 1 heterocycles. The Morgan fingerprint density at radius 2 is 1.73 bits per heavy atom. The van der Waals surface area contributed by atoms with Gasteiger partial charge in [-0.2, -0.15) is 9.37 Å². The molecule has 4 rings (SSSR count). The van der Waals surface area contributed by atoms with Crippen LogP contribution in [0.25, 0.3) is 10.9 Å². The molecule has 0 fully saturated rings. The van der Waals surface area contributed by atoms with Crippen molar-refractivity contribution in [2.75, 3.05) is 12.4 Å². The van der Waals surface area contributed by atoms with Gasteiger partial charge in [0.15, 0.2) is 11.5 Å². The summed E-state index contributed by atoms with van der Waals surface area (Å²) in [6.07, 6.45) is 0. The van der Waals surface area contributed by atoms with Crippen LogP contribution in [0.2, 0.25) is 0 Å². The number of aromatic nitrogens is 2. The quantitative estimate of drug-likeness (QED) is 0.434. The zero-order valence-electron chi connectivity index (χ0n) is 16.5. The van der Waals surface area contributed by atoms with Gasteiger partial charge < -0.3 is 19.9 Å². The van der Waals surface area contributed by atoms with E-state index in [1.807, 2.05) is 61.5 Å². The average Bonchev–Trinajstić information content (AvgIpc) is 2.74. The first-order chi connectivity index (χ1) is 14.5. The molecule has 0 aliphatic carbocycles. The minimum Gasteiger partial charge on any atom is -0.504 e. The van der Waals surface area contributed by atoms with Crippen molar-refractivity contribution in [1.29, 1.82) is 0 Å². The van der Waals surface area contributed by atoms with Gasteiger partial charge >= 0.3 is 0 Å². The molecule has 0 aliphatic heterocycles. The number of aryl methyl sites for hydroxylation is 1. The third-order valence-electron chi connectivity index (χ3n) is 4.57. The monoisotopic (exact) mass is 405 g/mol. The maximum Gasteiger partial charge on any atom is 0.230 e. The van der Waals surface area contributed by atoms with Crippen LogP contribution >= 0.6 is 0 Å². The number of hydrogen-bond donors (Lipinski definition) is 2. The van der Waals surface area contributed by atoms with Crippen LogP contribution in [0.1, 0.15) is 11.1 Å². The zero-order valence-corrected chi connectivity index (χ0v) is 16.5. The van der Waals surface area contributed by atoms with Gasteiger partial charge in [-0.05, 0) is 24.6 Å². The van der Waals surface area contributed by atoms with Gasteiger partial charge in [-0.15, -0.1) is 0 Å². The Labute approximate surface area is 172 Å². The Morgan fingerprint density at radius 3 is 2.43 bits per heavy atom. The summed E-state index contributed by atoms with van der Waals surface area (Å²) in [7, 11) is 1.38. The molecule has 2 N–H and O–H groups in total. The summed E-state index contributed by atoms with van der Waals surface area (Å²) < 4.78 is 26.1. The predicted molar refractivity (Wildman–Crippen MR) is 113 cm³/mol. The molecule has 4 aromatic rings. The Balaban J connectivity index is 1.74. The molecule has 152 valence electrons. The van der Waals surface area contributed by atoms with E-state index in [1.165, 1.54) is 13.2 Å². The van der Waals surface area contributed by atoms with E-state index in [-0.39, 0.29) is 40.7 Å². The second-order valence-electron chi connectivity index (χ2n) is 6.76. The second-order valence-corrected chi connectivity index (χ2v) is 6.76. The lowest BCUT2D eigenvalue weighted by molar-refractivity contribution is 0.280. The third kappa shape index (κ3) is 3.96. The van der Waals surface area contributed by atoms with E-state index in [0.717, 1.165) is 16.8 Å². The summed E-state index contributed by atoms with van der Waals surface area (Å²) >= 11 is 0. The maximum atomic E-state index is 15.0. The molecular weight excluding hydrogens is 385 g/mol. The van der Waals surface area contributed by atoms with Crippen LogP contribution in [0.4, 0.5) is 16.0 Å². The lowest BCUT2D eigenvalue weighted by Gasteiger charge is -2.15. The number of nitrogens with zero attached hydrogens (tertiary/aromatic N) is 2. The molecule has 0 radical (unpaired) electrons. The summed E-state index contributed by atoms with van der Waals surface area (Å²) in [6, 6.07) is 18.3. The van der Waals surface area contributed by atoms with Crippen molar-refractivity contribution in [3.05, 3.63) is 77.7 Å². The first-order valence-electron chi connectivity index (χ1n) is 9.33. The number of anilines is 2. The van der Waals surface area contributed by atoms with Crippen LogP contribution in [-0.2, 0) is 6.61 Å². The second kappa shape index (κ2) is 8.24. The molecule has 0 atom stereocenters. The van der Waals surface area contributed by atoms with E-state index < -0.39 is 5.95 Å². The minimum absolute atomic E-state index is 0.0279. The molecule has 30 heavy (non-hydrogen) atoms. The van der Waals surface area contributed by atoms with Crippen molar-refractivity contribution in [3.63, 3.8) is 0 Å². The highest BCUT2D eigenvalue weighted by molar-refractivity contribution is 5.91. The molecule has 3 aromatic carbocycles. The fourth-order valence-electron chi connectivity index (χ4n) is 3.08. The first-order valence-corrected chi connectivity index (χ1v) is 9.33. The molecule has 0 unspecified atom stereocenters. The lowest BCUT2D eigenvalue weighted by atomic mass is 10.2. The maximum absolute atomic E-state index is 15.0. The van der Waals surface area contributed by atoms with E-state index in [0.29, 0.717) is 0 Å². The number of methoxy groups -OCH3 is 1. The van der Waals surface area contributed by atoms with Crippen molar-refractivity contribution in [2.24, 2.45) is 0 Å². The molecule has 0 saturated carbocycles. The summed E-state index contributed by atoms with van der Waals surface area (Å²) in [5, 5.41) is 13.4. The van der Waals surface area contributed by atoms with Crippen molar-refractivity contribution in [2.45, 2.75) is 13.5 Å². The molecule has 0 bridgehead atoms. The zero-order chi connectivity index (χ0) is 21.1.